The summed E-state index contributed by atoms with van der Waals surface area (Å²) < 4.78 is 0. The van der Waals surface area contributed by atoms with Crippen molar-refractivity contribution in [2.24, 2.45) is 0 Å². The monoisotopic (exact) mass is 258 g/mol. The molecule has 0 bridgehead atoms. The van der Waals surface area contributed by atoms with Crippen molar-refractivity contribution in [3.05, 3.63) is 29.1 Å². The van der Waals surface area contributed by atoms with Crippen LogP contribution in [0.1, 0.15) is 72.3 Å². The Morgan fingerprint density at radius 1 is 0.842 bits per heavy atom. The predicted molar refractivity (Wildman–Crippen MR) is 80.3 cm³/mol. The van der Waals surface area contributed by atoms with Gasteiger partial charge in [0.2, 0.25) is 0 Å². The zero-order valence-corrected chi connectivity index (χ0v) is 13.5. The fourth-order valence-corrected chi connectivity index (χ4v) is 1.72. The van der Waals surface area contributed by atoms with E-state index in [0.29, 0.717) is 0 Å². The van der Waals surface area contributed by atoms with E-state index in [4.69, 9.17) is 4.98 Å². The molecule has 0 unspecified atom stereocenters. The third kappa shape index (κ3) is 3.56. The predicted octanol–water partition coefficient (Wildman–Crippen LogP) is 4.48. The fraction of sp³-hybridized carbons (Fsp3) is 0.647. The van der Waals surface area contributed by atoms with Gasteiger partial charge in [-0.25, -0.2) is 0 Å². The van der Waals surface area contributed by atoms with E-state index in [9.17, 15) is 5.26 Å². The van der Waals surface area contributed by atoms with Crippen LogP contribution in [0.4, 0.5) is 0 Å². The van der Waals surface area contributed by atoms with E-state index >= 15 is 0 Å². The lowest BCUT2D eigenvalue weighted by Gasteiger charge is -2.27. The highest BCUT2D eigenvalue weighted by molar-refractivity contribution is 5.36. The van der Waals surface area contributed by atoms with Gasteiger partial charge < -0.3 is 0 Å². The summed E-state index contributed by atoms with van der Waals surface area (Å²) in [6, 6.07) is 6.55. The molecule has 0 aliphatic rings. The third-order valence-corrected chi connectivity index (χ3v) is 3.36. The summed E-state index contributed by atoms with van der Waals surface area (Å²) in [7, 11) is 0. The van der Waals surface area contributed by atoms with Gasteiger partial charge in [-0.2, -0.15) is 5.26 Å². The van der Waals surface area contributed by atoms with Crippen molar-refractivity contribution in [3.8, 4) is 6.07 Å². The molecule has 0 amide bonds. The molecule has 0 aliphatic carbocycles. The minimum atomic E-state index is -0.483. The molecule has 104 valence electrons. The lowest BCUT2D eigenvalue weighted by molar-refractivity contribution is 0.524. The molecule has 0 saturated heterocycles. The second-order valence-electron chi connectivity index (χ2n) is 7.86. The first kappa shape index (κ1) is 15.7. The van der Waals surface area contributed by atoms with Crippen LogP contribution in [0.3, 0.4) is 0 Å². The summed E-state index contributed by atoms with van der Waals surface area (Å²) in [6.45, 7) is 16.9. The highest BCUT2D eigenvalue weighted by Crippen LogP contribution is 2.31. The summed E-state index contributed by atoms with van der Waals surface area (Å²) in [5, 5.41) is 9.36. The Morgan fingerprint density at radius 2 is 1.21 bits per heavy atom. The number of rotatable bonds is 1. The van der Waals surface area contributed by atoms with E-state index in [-0.39, 0.29) is 10.8 Å². The Kier molecular flexibility index (Phi) is 3.83. The quantitative estimate of drug-likeness (QED) is 0.744. The van der Waals surface area contributed by atoms with Gasteiger partial charge in [0.05, 0.1) is 11.5 Å². The zero-order valence-electron chi connectivity index (χ0n) is 13.5. The van der Waals surface area contributed by atoms with Crippen molar-refractivity contribution in [1.82, 2.24) is 4.98 Å². The Hall–Kier alpha value is -1.36. The number of hydrogen-bond donors (Lipinski definition) is 0. The largest absolute Gasteiger partial charge is 0.257 e. The summed E-state index contributed by atoms with van der Waals surface area (Å²) in [6.07, 6.45) is 0. The number of aromatic nitrogens is 1. The van der Waals surface area contributed by atoms with Crippen molar-refractivity contribution in [2.45, 2.75) is 71.6 Å². The topological polar surface area (TPSA) is 36.7 Å². The van der Waals surface area contributed by atoms with Crippen LogP contribution in [-0.4, -0.2) is 4.98 Å². The average Bonchev–Trinajstić information content (AvgIpc) is 2.26. The number of nitriles is 1. The molecule has 2 heteroatoms. The Labute approximate surface area is 117 Å². The third-order valence-electron chi connectivity index (χ3n) is 3.36. The van der Waals surface area contributed by atoms with Crippen LogP contribution >= 0.6 is 0 Å². The number of pyridine rings is 1. The molecule has 0 radical (unpaired) electrons. The molecule has 1 aromatic rings. The molecule has 0 fully saturated rings. The Morgan fingerprint density at radius 3 is 1.47 bits per heavy atom. The van der Waals surface area contributed by atoms with Crippen LogP contribution in [0.2, 0.25) is 0 Å². The second-order valence-corrected chi connectivity index (χ2v) is 7.86. The standard InChI is InChI=1S/C17H26N2/c1-15(2,3)13-9-12(17(7,8)11-18)10-14(19-13)16(4,5)6/h9-10H,1-8H3. The molecule has 1 rings (SSSR count). The average molecular weight is 258 g/mol. The van der Waals surface area contributed by atoms with Crippen LogP contribution in [0.5, 0.6) is 0 Å². The molecule has 1 aromatic heterocycles. The maximum atomic E-state index is 9.36. The highest BCUT2D eigenvalue weighted by atomic mass is 14.8. The zero-order chi connectivity index (χ0) is 15.1. The molecule has 2 nitrogen and oxygen atoms in total. The van der Waals surface area contributed by atoms with Crippen LogP contribution in [0.25, 0.3) is 0 Å². The molecule has 1 heterocycles. The summed E-state index contributed by atoms with van der Waals surface area (Å²) >= 11 is 0. The van der Waals surface area contributed by atoms with Gasteiger partial charge in [-0.15, -0.1) is 0 Å². The van der Waals surface area contributed by atoms with E-state index in [0.717, 1.165) is 17.0 Å². The molecular weight excluding hydrogens is 232 g/mol. The van der Waals surface area contributed by atoms with E-state index < -0.39 is 5.41 Å². The number of nitrogens with zero attached hydrogens (tertiary/aromatic N) is 2. The van der Waals surface area contributed by atoms with E-state index in [1.54, 1.807) is 0 Å². The SMILES string of the molecule is CC(C)(C)c1cc(C(C)(C)C#N)cc(C(C)(C)C)n1. The molecule has 0 N–H and O–H groups in total. The first-order valence-electron chi connectivity index (χ1n) is 6.83. The summed E-state index contributed by atoms with van der Waals surface area (Å²) in [5.41, 5.74) is 2.66. The van der Waals surface area contributed by atoms with Gasteiger partial charge in [-0.3, -0.25) is 4.98 Å². The smallest absolute Gasteiger partial charge is 0.0767 e. The molecule has 0 saturated carbocycles. The normalized spacial score (nSPS) is 13.2. The van der Waals surface area contributed by atoms with Gasteiger partial charge in [0.25, 0.3) is 0 Å². The molecule has 0 spiro atoms. The molecule has 0 atom stereocenters. The highest BCUT2D eigenvalue weighted by Gasteiger charge is 2.27. The van der Waals surface area contributed by atoms with Crippen LogP contribution in [0, 0.1) is 11.3 Å². The lowest BCUT2D eigenvalue weighted by atomic mass is 9.80. The minimum Gasteiger partial charge on any atom is -0.257 e. The van der Waals surface area contributed by atoms with E-state index in [1.165, 1.54) is 0 Å². The van der Waals surface area contributed by atoms with Gasteiger partial charge in [-0.05, 0) is 31.5 Å². The molecule has 0 aromatic carbocycles. The Bertz CT molecular complexity index is 473. The Balaban J connectivity index is 3.56. The van der Waals surface area contributed by atoms with Crippen molar-refractivity contribution in [2.75, 3.05) is 0 Å². The van der Waals surface area contributed by atoms with Gasteiger partial charge in [-0.1, -0.05) is 41.5 Å². The van der Waals surface area contributed by atoms with Gasteiger partial charge >= 0.3 is 0 Å². The van der Waals surface area contributed by atoms with Gasteiger partial charge in [0.1, 0.15) is 0 Å². The van der Waals surface area contributed by atoms with E-state index in [2.05, 4.69) is 59.7 Å². The molecular formula is C17H26N2. The fourth-order valence-electron chi connectivity index (χ4n) is 1.72. The number of hydrogen-bond acceptors (Lipinski definition) is 2. The van der Waals surface area contributed by atoms with Gasteiger partial charge in [0, 0.05) is 22.2 Å². The van der Waals surface area contributed by atoms with E-state index in [1.807, 2.05) is 13.8 Å². The van der Waals surface area contributed by atoms with Crippen molar-refractivity contribution < 1.29 is 0 Å². The molecule has 19 heavy (non-hydrogen) atoms. The van der Waals surface area contributed by atoms with Crippen molar-refractivity contribution in [3.63, 3.8) is 0 Å². The second kappa shape index (κ2) is 4.63. The van der Waals surface area contributed by atoms with Crippen LogP contribution in [0.15, 0.2) is 12.1 Å². The van der Waals surface area contributed by atoms with Crippen LogP contribution < -0.4 is 0 Å². The first-order chi connectivity index (χ1) is 8.38. The lowest BCUT2D eigenvalue weighted by Crippen LogP contribution is -2.23. The van der Waals surface area contributed by atoms with Crippen molar-refractivity contribution in [1.29, 1.82) is 5.26 Å². The molecule has 0 aliphatic heterocycles. The summed E-state index contributed by atoms with van der Waals surface area (Å²) in [4.78, 5) is 4.81. The maximum absolute atomic E-state index is 9.36. The summed E-state index contributed by atoms with van der Waals surface area (Å²) in [5.74, 6) is 0. The van der Waals surface area contributed by atoms with Crippen molar-refractivity contribution >= 4 is 0 Å². The first-order valence-corrected chi connectivity index (χ1v) is 6.83. The van der Waals surface area contributed by atoms with Gasteiger partial charge in [0.15, 0.2) is 0 Å². The minimum absolute atomic E-state index is 0.0124. The van der Waals surface area contributed by atoms with Crippen LogP contribution in [-0.2, 0) is 16.2 Å². The maximum Gasteiger partial charge on any atom is 0.0767 e.